The van der Waals surface area contributed by atoms with E-state index in [9.17, 15) is 0 Å². The molecule has 4 heteroatoms. The normalized spacial score (nSPS) is 11.6. The summed E-state index contributed by atoms with van der Waals surface area (Å²) < 4.78 is 11.4. The summed E-state index contributed by atoms with van der Waals surface area (Å²) >= 11 is 3.35. The quantitative estimate of drug-likeness (QED) is 0.543. The Morgan fingerprint density at radius 3 is 2.85 bits per heavy atom. The van der Waals surface area contributed by atoms with Gasteiger partial charge in [-0.2, -0.15) is 0 Å². The van der Waals surface area contributed by atoms with Crippen LogP contribution in [0.2, 0.25) is 0 Å². The molecule has 0 aliphatic carbocycles. The van der Waals surface area contributed by atoms with Gasteiger partial charge < -0.3 is 9.26 Å². The Labute approximate surface area is 128 Å². The number of alkyl halides is 1. The van der Waals surface area contributed by atoms with Crippen molar-refractivity contribution in [3.63, 3.8) is 0 Å². The summed E-state index contributed by atoms with van der Waals surface area (Å²) in [5.74, 6) is 0.900. The first-order chi connectivity index (χ1) is 9.81. The number of hydrogen-bond acceptors (Lipinski definition) is 3. The minimum Gasteiger partial charge on any atom is -0.489 e. The van der Waals surface area contributed by atoms with Gasteiger partial charge in [0.05, 0.1) is 5.69 Å². The molecular formula is C16H20BrNO2. The number of benzene rings is 1. The summed E-state index contributed by atoms with van der Waals surface area (Å²) in [4.78, 5) is 0. The second-order valence-electron chi connectivity index (χ2n) is 4.59. The number of allylic oxidation sites excluding steroid dienone is 1. The van der Waals surface area contributed by atoms with Gasteiger partial charge in [0.2, 0.25) is 0 Å². The van der Waals surface area contributed by atoms with Crippen LogP contribution in [0.1, 0.15) is 31.5 Å². The molecule has 0 atom stereocenters. The number of aromatic nitrogens is 1. The minimum atomic E-state index is 0.572. The topological polar surface area (TPSA) is 35.3 Å². The molecule has 0 fully saturated rings. The largest absolute Gasteiger partial charge is 0.489 e. The number of halogens is 1. The van der Waals surface area contributed by atoms with Crippen molar-refractivity contribution in [1.82, 2.24) is 5.16 Å². The summed E-state index contributed by atoms with van der Waals surface area (Å²) in [7, 11) is 0. The third kappa shape index (κ3) is 3.23. The van der Waals surface area contributed by atoms with Gasteiger partial charge in [-0.25, -0.2) is 0 Å². The number of ether oxygens (including phenoxy) is 1. The van der Waals surface area contributed by atoms with Crippen molar-refractivity contribution < 1.29 is 9.26 Å². The lowest BCUT2D eigenvalue weighted by Gasteiger charge is -2.09. The van der Waals surface area contributed by atoms with Crippen molar-refractivity contribution in [2.24, 2.45) is 0 Å². The Hall–Kier alpha value is -1.29. The molecule has 0 bridgehead atoms. The first-order valence-electron chi connectivity index (χ1n) is 7.05. The molecule has 1 aromatic carbocycles. The third-order valence-electron chi connectivity index (χ3n) is 3.20. The maximum absolute atomic E-state index is 5.85. The van der Waals surface area contributed by atoms with E-state index in [0.717, 1.165) is 52.6 Å². The van der Waals surface area contributed by atoms with Crippen LogP contribution in [0.25, 0.3) is 11.0 Å². The van der Waals surface area contributed by atoms with Crippen molar-refractivity contribution in [1.29, 1.82) is 0 Å². The molecule has 0 saturated heterocycles. The molecule has 0 amide bonds. The van der Waals surface area contributed by atoms with Crippen molar-refractivity contribution in [2.75, 3.05) is 11.9 Å². The Morgan fingerprint density at radius 2 is 2.15 bits per heavy atom. The third-order valence-corrected chi connectivity index (χ3v) is 3.58. The fourth-order valence-corrected chi connectivity index (χ4v) is 2.50. The van der Waals surface area contributed by atoms with Crippen LogP contribution in [0.5, 0.6) is 5.75 Å². The van der Waals surface area contributed by atoms with Crippen LogP contribution in [-0.2, 0) is 12.8 Å². The number of fused-ring (bicyclic) bond motifs is 1. The van der Waals surface area contributed by atoms with Crippen LogP contribution in [0, 0.1) is 0 Å². The lowest BCUT2D eigenvalue weighted by atomic mass is 10.0. The molecule has 0 aliphatic heterocycles. The zero-order valence-electron chi connectivity index (χ0n) is 12.0. The predicted octanol–water partition coefficient (Wildman–Crippen LogP) is 4.67. The number of rotatable bonds is 7. The number of aryl methyl sites for hydroxylation is 2. The summed E-state index contributed by atoms with van der Waals surface area (Å²) in [6.45, 7) is 4.82. The highest BCUT2D eigenvalue weighted by molar-refractivity contribution is 9.09. The maximum atomic E-state index is 5.85. The van der Waals surface area contributed by atoms with Crippen molar-refractivity contribution in [3.05, 3.63) is 35.5 Å². The van der Waals surface area contributed by atoms with Gasteiger partial charge in [-0.15, -0.1) is 0 Å². The van der Waals surface area contributed by atoms with Gasteiger partial charge in [-0.1, -0.05) is 53.5 Å². The predicted molar refractivity (Wildman–Crippen MR) is 85.8 cm³/mol. The average molecular weight is 338 g/mol. The average Bonchev–Trinajstić information content (AvgIpc) is 2.89. The van der Waals surface area contributed by atoms with Gasteiger partial charge in [0.1, 0.15) is 12.4 Å². The molecule has 0 saturated carbocycles. The van der Waals surface area contributed by atoms with E-state index in [2.05, 4.69) is 34.9 Å². The molecule has 1 aromatic heterocycles. The fourth-order valence-electron chi connectivity index (χ4n) is 2.24. The summed E-state index contributed by atoms with van der Waals surface area (Å²) in [6.07, 6.45) is 6.91. The zero-order chi connectivity index (χ0) is 14.4. The monoisotopic (exact) mass is 337 g/mol. The summed E-state index contributed by atoms with van der Waals surface area (Å²) in [5.41, 5.74) is 3.03. The standard InChI is InChI=1S/C16H20BrNO2/c1-3-7-13-15(19-11-6-5-10-17)9-8-12-14(4-2)18-20-16(12)13/h5-6,8-9H,3-4,7,10-11H2,1-2H3. The Kier molecular flexibility index (Phi) is 5.65. The van der Waals surface area contributed by atoms with E-state index < -0.39 is 0 Å². The smallest absolute Gasteiger partial charge is 0.174 e. The van der Waals surface area contributed by atoms with Crippen molar-refractivity contribution in [3.8, 4) is 5.75 Å². The van der Waals surface area contributed by atoms with E-state index in [-0.39, 0.29) is 0 Å². The molecule has 0 N–H and O–H groups in total. The second-order valence-corrected chi connectivity index (χ2v) is 5.24. The summed E-state index contributed by atoms with van der Waals surface area (Å²) in [5, 5.41) is 6.11. The van der Waals surface area contributed by atoms with Crippen LogP contribution in [0.15, 0.2) is 28.8 Å². The molecule has 0 spiro atoms. The molecule has 0 aliphatic rings. The molecule has 2 rings (SSSR count). The number of hydrogen-bond donors (Lipinski definition) is 0. The van der Waals surface area contributed by atoms with Gasteiger partial charge >= 0.3 is 0 Å². The second kappa shape index (κ2) is 7.48. The SMILES string of the molecule is CCCc1c(OCC=CCBr)ccc2c(CC)noc12. The molecule has 108 valence electrons. The van der Waals surface area contributed by atoms with Crippen molar-refractivity contribution >= 4 is 26.9 Å². The van der Waals surface area contributed by atoms with E-state index >= 15 is 0 Å². The fraction of sp³-hybridized carbons (Fsp3) is 0.438. The molecule has 0 radical (unpaired) electrons. The highest BCUT2D eigenvalue weighted by Crippen LogP contribution is 2.31. The van der Waals surface area contributed by atoms with Crippen LogP contribution < -0.4 is 4.74 Å². The van der Waals surface area contributed by atoms with Gasteiger partial charge in [0.25, 0.3) is 0 Å². The minimum absolute atomic E-state index is 0.572. The van der Waals surface area contributed by atoms with Crippen LogP contribution in [-0.4, -0.2) is 17.1 Å². The van der Waals surface area contributed by atoms with E-state index in [1.54, 1.807) is 0 Å². The molecule has 0 unspecified atom stereocenters. The highest BCUT2D eigenvalue weighted by Gasteiger charge is 2.15. The van der Waals surface area contributed by atoms with Gasteiger partial charge in [-0.05, 0) is 25.0 Å². The van der Waals surface area contributed by atoms with Gasteiger partial charge in [-0.3, -0.25) is 0 Å². The first-order valence-corrected chi connectivity index (χ1v) is 8.17. The van der Waals surface area contributed by atoms with E-state index in [1.807, 2.05) is 24.3 Å². The van der Waals surface area contributed by atoms with Crippen molar-refractivity contribution in [2.45, 2.75) is 33.1 Å². The molecule has 20 heavy (non-hydrogen) atoms. The Balaban J connectivity index is 2.33. The maximum Gasteiger partial charge on any atom is 0.174 e. The Morgan fingerprint density at radius 1 is 1.30 bits per heavy atom. The van der Waals surface area contributed by atoms with Gasteiger partial charge in [0, 0.05) is 16.3 Å². The van der Waals surface area contributed by atoms with E-state index in [4.69, 9.17) is 9.26 Å². The molecule has 3 nitrogen and oxygen atoms in total. The Bertz CT molecular complexity index is 589. The molecular weight excluding hydrogens is 318 g/mol. The van der Waals surface area contributed by atoms with E-state index in [0.29, 0.717) is 6.61 Å². The molecule has 1 heterocycles. The number of nitrogens with zero attached hydrogens (tertiary/aromatic N) is 1. The lowest BCUT2D eigenvalue weighted by molar-refractivity contribution is 0.357. The van der Waals surface area contributed by atoms with Crippen LogP contribution in [0.4, 0.5) is 0 Å². The van der Waals surface area contributed by atoms with Crippen LogP contribution >= 0.6 is 15.9 Å². The van der Waals surface area contributed by atoms with E-state index in [1.165, 1.54) is 0 Å². The first kappa shape index (κ1) is 15.1. The highest BCUT2D eigenvalue weighted by atomic mass is 79.9. The van der Waals surface area contributed by atoms with Gasteiger partial charge in [0.15, 0.2) is 5.58 Å². The molecule has 2 aromatic rings. The zero-order valence-corrected chi connectivity index (χ0v) is 13.6. The summed E-state index contributed by atoms with van der Waals surface area (Å²) in [6, 6.07) is 4.08. The lowest BCUT2D eigenvalue weighted by Crippen LogP contribution is -1.98. The van der Waals surface area contributed by atoms with Crippen LogP contribution in [0.3, 0.4) is 0 Å².